The van der Waals surface area contributed by atoms with E-state index >= 15 is 0 Å². The smallest absolute Gasteiger partial charge is 0.248 e. The lowest BCUT2D eigenvalue weighted by Gasteiger charge is -1.99. The van der Waals surface area contributed by atoms with Gasteiger partial charge in [-0.2, -0.15) is 4.83 Å². The molecule has 0 saturated heterocycles. The van der Waals surface area contributed by atoms with E-state index in [1.54, 1.807) is 11.8 Å². The van der Waals surface area contributed by atoms with E-state index in [0.717, 1.165) is 0 Å². The first kappa shape index (κ1) is 8.83. The number of sulfonamides is 1. The molecule has 0 fully saturated rings. The lowest BCUT2D eigenvalue weighted by molar-refractivity contribution is 0.191. The van der Waals surface area contributed by atoms with Gasteiger partial charge in [0.1, 0.15) is 0 Å². The van der Waals surface area contributed by atoms with Gasteiger partial charge in [0, 0.05) is 6.61 Å². The number of hydrazine groups is 1. The molecular weight excluding hydrogens is 144 g/mol. The minimum Gasteiger partial charge on any atom is -0.364 e. The third kappa shape index (κ3) is 4.34. The minimum absolute atomic E-state index is 0.362. The van der Waals surface area contributed by atoms with Crippen molar-refractivity contribution in [1.29, 1.82) is 0 Å². The van der Waals surface area contributed by atoms with Gasteiger partial charge in [-0.15, -0.1) is 0 Å². The first-order valence-corrected chi connectivity index (χ1v) is 4.05. The minimum atomic E-state index is -3.38. The molecule has 0 aliphatic carbocycles. The maximum Gasteiger partial charge on any atom is 0.248 e. The average Bonchev–Trinajstić information content (AvgIpc) is 1.84. The summed E-state index contributed by atoms with van der Waals surface area (Å²) >= 11 is 0. The van der Waals surface area contributed by atoms with Crippen molar-refractivity contribution in [1.82, 2.24) is 4.83 Å². The Kier molecular flexibility index (Phi) is 3.71. The third-order valence-corrected chi connectivity index (χ3v) is 1.46. The van der Waals surface area contributed by atoms with E-state index in [2.05, 4.69) is 10.6 Å². The van der Waals surface area contributed by atoms with Crippen LogP contribution < -0.4 is 10.7 Å². The highest BCUT2D eigenvalue weighted by molar-refractivity contribution is 7.89. The molecule has 0 aromatic carbocycles. The fourth-order valence-corrected chi connectivity index (χ4v) is 0.681. The summed E-state index contributed by atoms with van der Waals surface area (Å²) in [7, 11) is -3.38. The second-order valence-electron chi connectivity index (χ2n) is 1.34. The Hall–Kier alpha value is -0.170. The maximum absolute atomic E-state index is 10.4. The molecule has 0 saturated carbocycles. The van der Waals surface area contributed by atoms with Crippen molar-refractivity contribution < 1.29 is 13.2 Å². The average molecular weight is 154 g/mol. The number of hydrogen-bond acceptors (Lipinski definition) is 4. The fraction of sp³-hybridized carbons (Fsp3) is 1.00. The predicted octanol–water partition coefficient (Wildman–Crippen LogP) is -1.23. The van der Waals surface area contributed by atoms with E-state index in [1.165, 1.54) is 0 Å². The predicted molar refractivity (Wildman–Crippen MR) is 32.7 cm³/mol. The third-order valence-electron chi connectivity index (χ3n) is 0.622. The molecule has 0 rings (SSSR count). The molecule has 0 amide bonds. The lowest BCUT2D eigenvalue weighted by atomic mass is 10.9. The van der Waals surface area contributed by atoms with E-state index in [0.29, 0.717) is 6.61 Å². The van der Waals surface area contributed by atoms with Gasteiger partial charge in [0.05, 0.1) is 0 Å². The summed E-state index contributed by atoms with van der Waals surface area (Å²) in [4.78, 5) is 1.62. The summed E-state index contributed by atoms with van der Waals surface area (Å²) in [6.45, 7) is 2.06. The molecule has 0 heterocycles. The molecule has 0 radical (unpaired) electrons. The number of nitrogens with one attached hydrogen (secondary N) is 1. The van der Waals surface area contributed by atoms with Gasteiger partial charge >= 0.3 is 0 Å². The van der Waals surface area contributed by atoms with Crippen molar-refractivity contribution in [2.45, 2.75) is 6.92 Å². The Morgan fingerprint density at radius 3 is 2.56 bits per heavy atom. The second kappa shape index (κ2) is 3.78. The molecule has 56 valence electrons. The summed E-state index contributed by atoms with van der Waals surface area (Å²) in [5.74, 6) is 4.25. The molecule has 3 N–H and O–H groups in total. The van der Waals surface area contributed by atoms with Crippen LogP contribution in [0.1, 0.15) is 6.92 Å². The van der Waals surface area contributed by atoms with Gasteiger partial charge in [-0.25, -0.2) is 8.42 Å². The molecule has 5 nitrogen and oxygen atoms in total. The van der Waals surface area contributed by atoms with Crippen LogP contribution in [-0.2, 0) is 14.8 Å². The largest absolute Gasteiger partial charge is 0.364 e. The molecule has 6 heteroatoms. The van der Waals surface area contributed by atoms with E-state index in [9.17, 15) is 8.42 Å². The van der Waals surface area contributed by atoms with Crippen molar-refractivity contribution in [3.05, 3.63) is 0 Å². The molecule has 9 heavy (non-hydrogen) atoms. The number of hydrogen-bond donors (Lipinski definition) is 2. The lowest BCUT2D eigenvalue weighted by Crippen LogP contribution is -2.33. The Balaban J connectivity index is 3.61. The molecule has 0 bridgehead atoms. The van der Waals surface area contributed by atoms with Crippen LogP contribution in [0.3, 0.4) is 0 Å². The molecule has 0 atom stereocenters. The first-order valence-electron chi connectivity index (χ1n) is 2.40. The second-order valence-corrected chi connectivity index (χ2v) is 3.04. The van der Waals surface area contributed by atoms with Gasteiger partial charge in [-0.1, -0.05) is 0 Å². The Morgan fingerprint density at radius 2 is 2.22 bits per heavy atom. The van der Waals surface area contributed by atoms with Gasteiger partial charge in [0.15, 0.2) is 5.94 Å². The monoisotopic (exact) mass is 154 g/mol. The van der Waals surface area contributed by atoms with Crippen molar-refractivity contribution >= 4 is 10.0 Å². The van der Waals surface area contributed by atoms with Crippen LogP contribution in [0.25, 0.3) is 0 Å². The molecule has 0 unspecified atom stereocenters. The zero-order valence-corrected chi connectivity index (χ0v) is 5.94. The van der Waals surface area contributed by atoms with Gasteiger partial charge < -0.3 is 4.74 Å². The van der Waals surface area contributed by atoms with Gasteiger partial charge in [0.2, 0.25) is 10.0 Å². The van der Waals surface area contributed by atoms with Crippen LogP contribution in [0.2, 0.25) is 0 Å². The van der Waals surface area contributed by atoms with Crippen molar-refractivity contribution in [3.8, 4) is 0 Å². The van der Waals surface area contributed by atoms with Crippen molar-refractivity contribution in [2.75, 3.05) is 12.5 Å². The molecule has 0 aliphatic rings. The zero-order chi connectivity index (χ0) is 7.33. The molecular formula is C3H10N2O3S. The molecule has 0 spiro atoms. The highest BCUT2D eigenvalue weighted by Gasteiger charge is 2.04. The standard InChI is InChI=1S/C3H10N2O3S/c1-2-8-3-9(6,7)5-4/h5H,2-4H2,1H3. The van der Waals surface area contributed by atoms with E-state index < -0.39 is 10.0 Å². The SMILES string of the molecule is CCOCS(=O)(=O)NN. The molecule has 0 aliphatic heterocycles. The Bertz CT molecular complexity index is 152. The summed E-state index contributed by atoms with van der Waals surface area (Å²) < 4.78 is 25.4. The maximum atomic E-state index is 10.4. The van der Waals surface area contributed by atoms with Crippen LogP contribution in [0, 0.1) is 0 Å². The highest BCUT2D eigenvalue weighted by atomic mass is 32.2. The van der Waals surface area contributed by atoms with E-state index in [-0.39, 0.29) is 5.94 Å². The zero-order valence-electron chi connectivity index (χ0n) is 5.12. The van der Waals surface area contributed by atoms with Crippen molar-refractivity contribution in [3.63, 3.8) is 0 Å². The fourth-order valence-electron chi connectivity index (χ4n) is 0.227. The van der Waals surface area contributed by atoms with Crippen molar-refractivity contribution in [2.24, 2.45) is 5.84 Å². The number of rotatable bonds is 4. The summed E-state index contributed by atoms with van der Waals surface area (Å²) in [5.41, 5.74) is 0. The van der Waals surface area contributed by atoms with Gasteiger partial charge in [-0.05, 0) is 6.92 Å². The molecule has 0 aromatic rings. The highest BCUT2D eigenvalue weighted by Crippen LogP contribution is 1.81. The summed E-state index contributed by atoms with van der Waals surface area (Å²) in [5, 5.41) is 0. The van der Waals surface area contributed by atoms with Crippen LogP contribution >= 0.6 is 0 Å². The number of ether oxygens (including phenoxy) is 1. The first-order chi connectivity index (χ1) is 4.12. The van der Waals surface area contributed by atoms with Gasteiger partial charge in [0.25, 0.3) is 0 Å². The van der Waals surface area contributed by atoms with E-state index in [1.807, 2.05) is 0 Å². The quantitative estimate of drug-likeness (QED) is 0.392. The normalized spacial score (nSPS) is 11.8. The van der Waals surface area contributed by atoms with Crippen LogP contribution in [0.5, 0.6) is 0 Å². The summed E-state index contributed by atoms with van der Waals surface area (Å²) in [6, 6.07) is 0. The van der Waals surface area contributed by atoms with Crippen LogP contribution in [-0.4, -0.2) is 21.0 Å². The van der Waals surface area contributed by atoms with Gasteiger partial charge in [-0.3, -0.25) is 5.84 Å². The Morgan fingerprint density at radius 1 is 1.67 bits per heavy atom. The number of nitrogens with two attached hydrogens (primary N) is 1. The van der Waals surface area contributed by atoms with Crippen LogP contribution in [0.15, 0.2) is 0 Å². The Labute approximate surface area is 54.2 Å². The van der Waals surface area contributed by atoms with E-state index in [4.69, 9.17) is 0 Å². The summed E-state index contributed by atoms with van der Waals surface area (Å²) in [6.07, 6.45) is 0. The van der Waals surface area contributed by atoms with Crippen LogP contribution in [0.4, 0.5) is 0 Å². The topological polar surface area (TPSA) is 81.4 Å². The molecule has 0 aromatic heterocycles.